The largest absolute Gasteiger partial charge is 0.374 e. The van der Waals surface area contributed by atoms with Crippen molar-refractivity contribution in [2.24, 2.45) is 5.92 Å². The predicted molar refractivity (Wildman–Crippen MR) is 81.9 cm³/mol. The van der Waals surface area contributed by atoms with Crippen LogP contribution in [0.1, 0.15) is 36.7 Å². The van der Waals surface area contributed by atoms with Crippen molar-refractivity contribution in [2.75, 3.05) is 25.2 Å². The molecule has 1 aromatic rings. The first kappa shape index (κ1) is 14.3. The Morgan fingerprint density at radius 1 is 1.45 bits per heavy atom. The van der Waals surface area contributed by atoms with Gasteiger partial charge in [-0.1, -0.05) is 0 Å². The van der Waals surface area contributed by atoms with Gasteiger partial charge in [0.1, 0.15) is 0 Å². The molecule has 2 fully saturated rings. The van der Waals surface area contributed by atoms with Gasteiger partial charge in [-0.2, -0.15) is 11.8 Å². The molecule has 1 aromatic heterocycles. The number of nitrogens with zero attached hydrogens (tertiary/aromatic N) is 2. The molecule has 3 heterocycles. The van der Waals surface area contributed by atoms with E-state index in [4.69, 9.17) is 4.74 Å². The molecular formula is C15H23N3OS. The van der Waals surface area contributed by atoms with Crippen molar-refractivity contribution in [1.82, 2.24) is 15.3 Å². The van der Waals surface area contributed by atoms with Crippen molar-refractivity contribution < 1.29 is 4.74 Å². The zero-order valence-corrected chi connectivity index (χ0v) is 13.1. The first-order valence-corrected chi connectivity index (χ1v) is 8.55. The van der Waals surface area contributed by atoms with Crippen molar-refractivity contribution in [3.63, 3.8) is 0 Å². The maximum absolute atomic E-state index is 6.12. The van der Waals surface area contributed by atoms with Gasteiger partial charge in [-0.25, -0.2) is 0 Å². The van der Waals surface area contributed by atoms with Crippen LogP contribution in [0.25, 0.3) is 0 Å². The monoisotopic (exact) mass is 293 g/mol. The fraction of sp³-hybridized carbons (Fsp3) is 0.733. The summed E-state index contributed by atoms with van der Waals surface area (Å²) in [7, 11) is 2.03. The Balaban J connectivity index is 1.76. The maximum atomic E-state index is 6.12. The number of hydrogen-bond acceptors (Lipinski definition) is 5. The quantitative estimate of drug-likeness (QED) is 0.927. The lowest BCUT2D eigenvalue weighted by molar-refractivity contribution is -0.0852. The lowest BCUT2D eigenvalue weighted by Crippen LogP contribution is -2.43. The number of hydrogen-bond donors (Lipinski definition) is 1. The highest BCUT2D eigenvalue weighted by molar-refractivity contribution is 7.99. The Kier molecular flexibility index (Phi) is 4.29. The molecule has 3 rings (SSSR count). The third-order valence-corrected chi connectivity index (χ3v) is 5.72. The minimum absolute atomic E-state index is 0.126. The van der Waals surface area contributed by atoms with Gasteiger partial charge in [-0.3, -0.25) is 9.97 Å². The lowest BCUT2D eigenvalue weighted by atomic mass is 9.80. The molecule has 0 aliphatic carbocycles. The Morgan fingerprint density at radius 2 is 2.35 bits per heavy atom. The number of aryl methyl sites for hydroxylation is 1. The van der Waals surface area contributed by atoms with E-state index in [1.54, 1.807) is 0 Å². The molecule has 20 heavy (non-hydrogen) atoms. The van der Waals surface area contributed by atoms with Gasteiger partial charge < -0.3 is 10.1 Å². The molecule has 2 saturated heterocycles. The highest BCUT2D eigenvalue weighted by Gasteiger charge is 2.42. The SMILES string of the molecule is CNC(c1cnc(C)cn1)C1CCOC2(CCSC2)C1. The summed E-state index contributed by atoms with van der Waals surface area (Å²) in [4.78, 5) is 8.96. The molecule has 0 amide bonds. The molecule has 4 nitrogen and oxygen atoms in total. The Morgan fingerprint density at radius 3 is 3.00 bits per heavy atom. The third-order valence-electron chi connectivity index (χ3n) is 4.50. The first-order chi connectivity index (χ1) is 9.72. The molecule has 110 valence electrons. The molecule has 2 aliphatic heterocycles. The van der Waals surface area contributed by atoms with E-state index >= 15 is 0 Å². The van der Waals surface area contributed by atoms with Crippen LogP contribution in [0.15, 0.2) is 12.4 Å². The summed E-state index contributed by atoms with van der Waals surface area (Å²) in [6.45, 7) is 2.85. The Hall–Kier alpha value is -0.650. The first-order valence-electron chi connectivity index (χ1n) is 7.40. The van der Waals surface area contributed by atoms with Crippen LogP contribution in [0.3, 0.4) is 0 Å². The van der Waals surface area contributed by atoms with Gasteiger partial charge in [0, 0.05) is 18.6 Å². The highest BCUT2D eigenvalue weighted by atomic mass is 32.2. The van der Waals surface area contributed by atoms with Crippen LogP contribution in [0.4, 0.5) is 0 Å². The molecule has 3 atom stereocenters. The lowest BCUT2D eigenvalue weighted by Gasteiger charge is -2.40. The van der Waals surface area contributed by atoms with Gasteiger partial charge in [0.15, 0.2) is 0 Å². The predicted octanol–water partition coefficient (Wildman–Crippen LogP) is 2.35. The van der Waals surface area contributed by atoms with Crippen molar-refractivity contribution in [3.05, 3.63) is 23.8 Å². The van der Waals surface area contributed by atoms with Gasteiger partial charge in [0.25, 0.3) is 0 Å². The van der Waals surface area contributed by atoms with Crippen LogP contribution in [-0.4, -0.2) is 40.7 Å². The van der Waals surface area contributed by atoms with Crippen molar-refractivity contribution in [2.45, 2.75) is 37.8 Å². The molecule has 2 aliphatic rings. The second-order valence-electron chi connectivity index (χ2n) is 5.94. The molecule has 1 spiro atoms. The summed E-state index contributed by atoms with van der Waals surface area (Å²) >= 11 is 2.03. The molecular weight excluding hydrogens is 270 g/mol. The van der Waals surface area contributed by atoms with Gasteiger partial charge in [0.05, 0.1) is 29.2 Å². The average Bonchev–Trinajstić information content (AvgIpc) is 2.90. The summed E-state index contributed by atoms with van der Waals surface area (Å²) in [6, 6.07) is 0.287. The normalized spacial score (nSPS) is 31.6. The second-order valence-corrected chi connectivity index (χ2v) is 7.04. The van der Waals surface area contributed by atoms with E-state index in [0.717, 1.165) is 36.6 Å². The van der Waals surface area contributed by atoms with Gasteiger partial charge in [-0.05, 0) is 44.9 Å². The fourth-order valence-electron chi connectivity index (χ4n) is 3.40. The van der Waals surface area contributed by atoms with Crippen LogP contribution in [0, 0.1) is 12.8 Å². The van der Waals surface area contributed by atoms with E-state index in [-0.39, 0.29) is 11.6 Å². The number of thioether (sulfide) groups is 1. The topological polar surface area (TPSA) is 47.0 Å². The number of nitrogens with one attached hydrogen (secondary N) is 1. The van der Waals surface area contributed by atoms with Crippen molar-refractivity contribution in [3.8, 4) is 0 Å². The van der Waals surface area contributed by atoms with Crippen molar-refractivity contribution in [1.29, 1.82) is 0 Å². The van der Waals surface area contributed by atoms with Crippen molar-refractivity contribution >= 4 is 11.8 Å². The summed E-state index contributed by atoms with van der Waals surface area (Å²) in [5.41, 5.74) is 2.16. The van der Waals surface area contributed by atoms with Crippen LogP contribution in [-0.2, 0) is 4.74 Å². The third kappa shape index (κ3) is 2.85. The van der Waals surface area contributed by atoms with Gasteiger partial charge in [-0.15, -0.1) is 0 Å². The van der Waals surface area contributed by atoms with Crippen LogP contribution >= 0.6 is 11.8 Å². The molecule has 0 aromatic carbocycles. The summed E-state index contributed by atoms with van der Waals surface area (Å²) in [5, 5.41) is 3.45. The highest BCUT2D eigenvalue weighted by Crippen LogP contribution is 2.43. The molecule has 5 heteroatoms. The molecule has 3 unspecified atom stereocenters. The van der Waals surface area contributed by atoms with Gasteiger partial charge in [0.2, 0.25) is 0 Å². The minimum atomic E-state index is 0.126. The van der Waals surface area contributed by atoms with E-state index < -0.39 is 0 Å². The zero-order valence-electron chi connectivity index (χ0n) is 12.3. The van der Waals surface area contributed by atoms with Gasteiger partial charge >= 0.3 is 0 Å². The van der Waals surface area contributed by atoms with E-state index in [1.807, 2.05) is 38.1 Å². The standard InChI is InChI=1S/C15H23N3OS/c1-11-8-18-13(9-17-11)14(16-2)12-3-5-19-15(7-12)4-6-20-10-15/h8-9,12,14,16H,3-7,10H2,1-2H3. The molecule has 0 radical (unpaired) electrons. The maximum Gasteiger partial charge on any atom is 0.0783 e. The Bertz CT molecular complexity index is 445. The second kappa shape index (κ2) is 6.00. The van der Waals surface area contributed by atoms with E-state index in [2.05, 4.69) is 15.3 Å². The zero-order chi connectivity index (χ0) is 14.0. The fourth-order valence-corrected chi connectivity index (χ4v) is 4.78. The van der Waals surface area contributed by atoms with Crippen LogP contribution in [0.5, 0.6) is 0 Å². The minimum Gasteiger partial charge on any atom is -0.374 e. The molecule has 0 bridgehead atoms. The van der Waals surface area contributed by atoms with E-state index in [1.165, 1.54) is 12.2 Å². The Labute approximate surface area is 125 Å². The molecule has 1 N–H and O–H groups in total. The van der Waals surface area contributed by atoms with Crippen LogP contribution in [0.2, 0.25) is 0 Å². The molecule has 0 saturated carbocycles. The smallest absolute Gasteiger partial charge is 0.0783 e. The number of aromatic nitrogens is 2. The summed E-state index contributed by atoms with van der Waals surface area (Å²) in [6.07, 6.45) is 7.22. The van der Waals surface area contributed by atoms with E-state index in [9.17, 15) is 0 Å². The number of rotatable bonds is 3. The van der Waals surface area contributed by atoms with Crippen LogP contribution < -0.4 is 5.32 Å². The summed E-state index contributed by atoms with van der Waals surface area (Å²) in [5.74, 6) is 2.98. The summed E-state index contributed by atoms with van der Waals surface area (Å²) < 4.78 is 6.12. The number of ether oxygens (including phenoxy) is 1. The average molecular weight is 293 g/mol. The van der Waals surface area contributed by atoms with E-state index in [0.29, 0.717) is 5.92 Å².